The lowest BCUT2D eigenvalue weighted by molar-refractivity contribution is 0.106. The van der Waals surface area contributed by atoms with Crippen LogP contribution in [-0.4, -0.2) is 53.9 Å². The summed E-state index contributed by atoms with van der Waals surface area (Å²) in [6, 6.07) is -0.0952. The topological polar surface area (TPSA) is 59.4 Å². The molecule has 0 aromatic carbocycles. The Labute approximate surface area is 96.3 Å². The molecule has 2 heterocycles. The van der Waals surface area contributed by atoms with Crippen LogP contribution in [0.3, 0.4) is 0 Å². The summed E-state index contributed by atoms with van der Waals surface area (Å²) in [5, 5.41) is 10.7. The number of piperidine rings is 1. The maximum atomic E-state index is 11.8. The number of nitrogens with one attached hydrogen (secondary N) is 2. The summed E-state index contributed by atoms with van der Waals surface area (Å²) in [4.78, 5) is 15.9. The Morgan fingerprint density at radius 1 is 1.56 bits per heavy atom. The van der Waals surface area contributed by atoms with Gasteiger partial charge in [0.1, 0.15) is 11.4 Å². The molecule has 16 heavy (non-hydrogen) atoms. The SMILES string of the molecule is CCCN1C(=O)NC(=N)C12CCCN(C)C2. The second-order valence-electron chi connectivity index (χ2n) is 4.83. The number of amidine groups is 1. The van der Waals surface area contributed by atoms with Crippen LogP contribution in [0.1, 0.15) is 26.2 Å². The Bertz CT molecular complexity index is 317. The van der Waals surface area contributed by atoms with Crippen molar-refractivity contribution in [3.8, 4) is 0 Å². The third kappa shape index (κ3) is 1.59. The molecule has 2 aliphatic heterocycles. The van der Waals surface area contributed by atoms with Crippen LogP contribution in [0, 0.1) is 5.41 Å². The lowest BCUT2D eigenvalue weighted by atomic mass is 9.87. The van der Waals surface area contributed by atoms with E-state index in [1.807, 2.05) is 4.90 Å². The number of likely N-dealkylation sites (tertiary alicyclic amines) is 1. The fourth-order valence-electron chi connectivity index (χ4n) is 2.83. The zero-order valence-electron chi connectivity index (χ0n) is 10.0. The van der Waals surface area contributed by atoms with E-state index in [2.05, 4.69) is 24.2 Å². The standard InChI is InChI=1S/C11H20N4O/c1-3-6-15-10(16)13-9(12)11(15)5-4-7-14(2)8-11/h3-8H2,1-2H3,(H2,12,13,16). The van der Waals surface area contributed by atoms with Gasteiger partial charge in [-0.05, 0) is 32.9 Å². The third-order valence-corrected chi connectivity index (χ3v) is 3.57. The van der Waals surface area contributed by atoms with E-state index >= 15 is 0 Å². The molecule has 90 valence electrons. The first kappa shape index (κ1) is 11.4. The Kier molecular flexibility index (Phi) is 2.88. The van der Waals surface area contributed by atoms with Crippen molar-refractivity contribution in [1.82, 2.24) is 15.1 Å². The molecule has 1 unspecified atom stereocenters. The van der Waals surface area contributed by atoms with Crippen LogP contribution in [0.5, 0.6) is 0 Å². The van der Waals surface area contributed by atoms with E-state index in [0.717, 1.165) is 38.9 Å². The molecule has 2 amide bonds. The second kappa shape index (κ2) is 4.05. The minimum Gasteiger partial charge on any atom is -0.310 e. The number of carbonyl (C=O) groups excluding carboxylic acids is 1. The second-order valence-corrected chi connectivity index (χ2v) is 4.83. The lowest BCUT2D eigenvalue weighted by Crippen LogP contribution is -2.59. The number of urea groups is 1. The summed E-state index contributed by atoms with van der Waals surface area (Å²) in [5.41, 5.74) is -0.375. The van der Waals surface area contributed by atoms with Gasteiger partial charge < -0.3 is 9.80 Å². The van der Waals surface area contributed by atoms with E-state index in [1.54, 1.807) is 0 Å². The first-order valence-corrected chi connectivity index (χ1v) is 5.96. The van der Waals surface area contributed by atoms with Crippen molar-refractivity contribution in [3.63, 3.8) is 0 Å². The van der Waals surface area contributed by atoms with Gasteiger partial charge in [0.05, 0.1) is 0 Å². The van der Waals surface area contributed by atoms with E-state index in [0.29, 0.717) is 5.84 Å². The molecule has 1 spiro atoms. The minimum absolute atomic E-state index is 0.0952. The monoisotopic (exact) mass is 224 g/mol. The van der Waals surface area contributed by atoms with Gasteiger partial charge in [0.15, 0.2) is 0 Å². The Balaban J connectivity index is 2.27. The number of carbonyl (C=O) groups is 1. The molecule has 0 aliphatic carbocycles. The highest BCUT2D eigenvalue weighted by atomic mass is 16.2. The van der Waals surface area contributed by atoms with E-state index in [9.17, 15) is 4.79 Å². The molecular formula is C11H20N4O. The molecule has 0 aromatic rings. The van der Waals surface area contributed by atoms with Crippen molar-refractivity contribution in [2.45, 2.75) is 31.7 Å². The first-order chi connectivity index (χ1) is 7.60. The van der Waals surface area contributed by atoms with Gasteiger partial charge in [-0.3, -0.25) is 10.7 Å². The largest absolute Gasteiger partial charge is 0.323 e. The fourth-order valence-corrected chi connectivity index (χ4v) is 2.83. The smallest absolute Gasteiger partial charge is 0.310 e. The molecular weight excluding hydrogens is 204 g/mol. The lowest BCUT2D eigenvalue weighted by Gasteiger charge is -2.43. The molecule has 2 rings (SSSR count). The van der Waals surface area contributed by atoms with Crippen molar-refractivity contribution < 1.29 is 4.79 Å². The average molecular weight is 224 g/mol. The van der Waals surface area contributed by atoms with Crippen molar-refractivity contribution in [3.05, 3.63) is 0 Å². The Hall–Kier alpha value is -1.10. The maximum Gasteiger partial charge on any atom is 0.323 e. The quantitative estimate of drug-likeness (QED) is 0.731. The van der Waals surface area contributed by atoms with Crippen LogP contribution in [-0.2, 0) is 0 Å². The zero-order chi connectivity index (χ0) is 11.8. The number of rotatable bonds is 2. The van der Waals surface area contributed by atoms with Crippen LogP contribution in [0.4, 0.5) is 4.79 Å². The molecule has 0 aromatic heterocycles. The minimum atomic E-state index is -0.375. The van der Waals surface area contributed by atoms with Gasteiger partial charge in [0.2, 0.25) is 0 Å². The van der Waals surface area contributed by atoms with Crippen molar-refractivity contribution in [1.29, 1.82) is 5.41 Å². The molecule has 5 heteroatoms. The van der Waals surface area contributed by atoms with Crippen molar-refractivity contribution in [2.24, 2.45) is 0 Å². The highest BCUT2D eigenvalue weighted by Crippen LogP contribution is 2.31. The van der Waals surface area contributed by atoms with Gasteiger partial charge in [0.25, 0.3) is 0 Å². The van der Waals surface area contributed by atoms with Crippen LogP contribution < -0.4 is 5.32 Å². The molecule has 0 bridgehead atoms. The van der Waals surface area contributed by atoms with Crippen LogP contribution in [0.2, 0.25) is 0 Å². The Morgan fingerprint density at radius 2 is 2.31 bits per heavy atom. The van der Waals surface area contributed by atoms with Gasteiger partial charge in [-0.1, -0.05) is 6.92 Å². The van der Waals surface area contributed by atoms with E-state index < -0.39 is 0 Å². The number of hydrogen-bond acceptors (Lipinski definition) is 3. The Morgan fingerprint density at radius 3 is 2.94 bits per heavy atom. The van der Waals surface area contributed by atoms with Crippen molar-refractivity contribution >= 4 is 11.9 Å². The predicted octanol–water partition coefficient (Wildman–Crippen LogP) is 0.863. The first-order valence-electron chi connectivity index (χ1n) is 5.96. The van der Waals surface area contributed by atoms with Gasteiger partial charge >= 0.3 is 6.03 Å². The molecule has 2 aliphatic rings. The normalized spacial score (nSPS) is 31.2. The van der Waals surface area contributed by atoms with Crippen LogP contribution in [0.15, 0.2) is 0 Å². The molecule has 0 radical (unpaired) electrons. The average Bonchev–Trinajstić information content (AvgIpc) is 2.44. The van der Waals surface area contributed by atoms with Crippen LogP contribution >= 0.6 is 0 Å². The maximum absolute atomic E-state index is 11.8. The van der Waals surface area contributed by atoms with Gasteiger partial charge in [0, 0.05) is 13.1 Å². The molecule has 0 saturated carbocycles. The number of amides is 2. The van der Waals surface area contributed by atoms with Gasteiger partial charge in [-0.25, -0.2) is 4.79 Å². The zero-order valence-corrected chi connectivity index (χ0v) is 10.0. The summed E-state index contributed by atoms with van der Waals surface area (Å²) in [7, 11) is 2.06. The third-order valence-electron chi connectivity index (χ3n) is 3.57. The highest BCUT2D eigenvalue weighted by molar-refractivity contribution is 6.08. The summed E-state index contributed by atoms with van der Waals surface area (Å²) in [5.74, 6) is 0.387. The number of nitrogens with zero attached hydrogens (tertiary/aromatic N) is 2. The van der Waals surface area contributed by atoms with Crippen molar-refractivity contribution in [2.75, 3.05) is 26.7 Å². The molecule has 5 nitrogen and oxygen atoms in total. The van der Waals surface area contributed by atoms with Gasteiger partial charge in [-0.2, -0.15) is 0 Å². The van der Waals surface area contributed by atoms with E-state index in [1.165, 1.54) is 0 Å². The molecule has 2 fully saturated rings. The summed E-state index contributed by atoms with van der Waals surface area (Å²) in [6.07, 6.45) is 2.90. The number of likely N-dealkylation sites (N-methyl/N-ethyl adjacent to an activating group) is 1. The molecule has 2 N–H and O–H groups in total. The summed E-state index contributed by atoms with van der Waals surface area (Å²) in [6.45, 7) is 4.64. The van der Waals surface area contributed by atoms with Crippen LogP contribution in [0.25, 0.3) is 0 Å². The summed E-state index contributed by atoms with van der Waals surface area (Å²) >= 11 is 0. The number of hydrogen-bond donors (Lipinski definition) is 2. The molecule has 1 atom stereocenters. The molecule has 2 saturated heterocycles. The predicted molar refractivity (Wildman–Crippen MR) is 62.7 cm³/mol. The van der Waals surface area contributed by atoms with E-state index in [-0.39, 0.29) is 11.6 Å². The van der Waals surface area contributed by atoms with Gasteiger partial charge in [-0.15, -0.1) is 0 Å². The highest BCUT2D eigenvalue weighted by Gasteiger charge is 2.51. The van der Waals surface area contributed by atoms with E-state index in [4.69, 9.17) is 5.41 Å². The fraction of sp³-hybridized carbons (Fsp3) is 0.818. The summed E-state index contributed by atoms with van der Waals surface area (Å²) < 4.78 is 0.